The Morgan fingerprint density at radius 2 is 1.89 bits per heavy atom. The lowest BCUT2D eigenvalue weighted by molar-refractivity contribution is 0.102. The monoisotopic (exact) mass is 402 g/mol. The quantitative estimate of drug-likeness (QED) is 0.561. The summed E-state index contributed by atoms with van der Waals surface area (Å²) in [5.74, 6) is 0.399. The van der Waals surface area contributed by atoms with Crippen molar-refractivity contribution in [2.45, 2.75) is 22.6 Å². The highest BCUT2D eigenvalue weighted by molar-refractivity contribution is 7.99. The van der Waals surface area contributed by atoms with Gasteiger partial charge >= 0.3 is 0 Å². The molecule has 1 aliphatic heterocycles. The number of carbonyl (C=O) groups is 1. The van der Waals surface area contributed by atoms with Crippen molar-refractivity contribution in [1.82, 2.24) is 4.31 Å². The highest BCUT2D eigenvalue weighted by Gasteiger charge is 2.27. The molecular formula is C20H22N2O3S2. The van der Waals surface area contributed by atoms with Crippen LogP contribution in [0.25, 0.3) is 0 Å². The summed E-state index contributed by atoms with van der Waals surface area (Å²) < 4.78 is 26.9. The number of carbonyl (C=O) groups excluding carboxylic acids is 1. The summed E-state index contributed by atoms with van der Waals surface area (Å²) in [6.45, 7) is 4.78. The number of amides is 1. The first-order chi connectivity index (χ1) is 13.0. The van der Waals surface area contributed by atoms with E-state index in [1.807, 2.05) is 24.3 Å². The van der Waals surface area contributed by atoms with Crippen LogP contribution < -0.4 is 5.32 Å². The molecule has 1 fully saturated rings. The van der Waals surface area contributed by atoms with Gasteiger partial charge in [0.25, 0.3) is 5.91 Å². The number of nitrogens with one attached hydrogen (secondary N) is 1. The minimum Gasteiger partial charge on any atom is -0.321 e. The first-order valence-corrected chi connectivity index (χ1v) is 11.2. The van der Waals surface area contributed by atoms with Crippen LogP contribution in [0.3, 0.4) is 0 Å². The Morgan fingerprint density at radius 3 is 2.63 bits per heavy atom. The van der Waals surface area contributed by atoms with Crippen LogP contribution in [-0.2, 0) is 10.0 Å². The van der Waals surface area contributed by atoms with E-state index in [2.05, 4.69) is 11.9 Å². The Morgan fingerprint density at radius 1 is 1.15 bits per heavy atom. The zero-order valence-electron chi connectivity index (χ0n) is 14.9. The van der Waals surface area contributed by atoms with E-state index in [0.29, 0.717) is 24.3 Å². The fourth-order valence-corrected chi connectivity index (χ4v) is 5.22. The summed E-state index contributed by atoms with van der Waals surface area (Å²) in [4.78, 5) is 13.8. The number of benzene rings is 2. The predicted molar refractivity (Wildman–Crippen MR) is 110 cm³/mol. The SMILES string of the molecule is C=CCSc1ccccc1NC(=O)c1cccc(S(=O)(=O)N2CCCC2)c1. The molecule has 7 heteroatoms. The van der Waals surface area contributed by atoms with Crippen molar-refractivity contribution in [3.63, 3.8) is 0 Å². The lowest BCUT2D eigenvalue weighted by atomic mass is 10.2. The van der Waals surface area contributed by atoms with Crippen LogP contribution in [0, 0.1) is 0 Å². The number of para-hydroxylation sites is 1. The van der Waals surface area contributed by atoms with E-state index in [-0.39, 0.29) is 10.8 Å². The number of hydrogen-bond acceptors (Lipinski definition) is 4. The molecule has 3 rings (SSSR count). The fraction of sp³-hybridized carbons (Fsp3) is 0.250. The van der Waals surface area contributed by atoms with E-state index in [1.54, 1.807) is 30.0 Å². The van der Waals surface area contributed by atoms with E-state index in [4.69, 9.17) is 0 Å². The summed E-state index contributed by atoms with van der Waals surface area (Å²) >= 11 is 1.57. The van der Waals surface area contributed by atoms with Gasteiger partial charge in [0, 0.05) is 29.3 Å². The molecule has 0 saturated carbocycles. The van der Waals surface area contributed by atoms with Gasteiger partial charge in [0.2, 0.25) is 10.0 Å². The summed E-state index contributed by atoms with van der Waals surface area (Å²) in [7, 11) is -3.55. The molecule has 1 N–H and O–H groups in total. The first-order valence-electron chi connectivity index (χ1n) is 8.76. The smallest absolute Gasteiger partial charge is 0.255 e. The average molecular weight is 403 g/mol. The Balaban J connectivity index is 1.81. The average Bonchev–Trinajstić information content (AvgIpc) is 3.23. The minimum atomic E-state index is -3.55. The second kappa shape index (κ2) is 8.73. The van der Waals surface area contributed by atoms with Crippen LogP contribution in [0.15, 0.2) is 71.0 Å². The van der Waals surface area contributed by atoms with Crippen LogP contribution in [0.1, 0.15) is 23.2 Å². The van der Waals surface area contributed by atoms with Crippen molar-refractivity contribution in [2.24, 2.45) is 0 Å². The van der Waals surface area contributed by atoms with E-state index in [1.165, 1.54) is 16.4 Å². The molecular weight excluding hydrogens is 380 g/mol. The third-order valence-corrected chi connectivity index (χ3v) is 7.25. The molecule has 0 bridgehead atoms. The molecule has 142 valence electrons. The Labute approximate surface area is 164 Å². The lowest BCUT2D eigenvalue weighted by Gasteiger charge is -2.16. The molecule has 2 aromatic carbocycles. The normalized spacial score (nSPS) is 14.8. The van der Waals surface area contributed by atoms with Gasteiger partial charge in [-0.2, -0.15) is 4.31 Å². The molecule has 27 heavy (non-hydrogen) atoms. The van der Waals surface area contributed by atoms with E-state index >= 15 is 0 Å². The van der Waals surface area contributed by atoms with Gasteiger partial charge in [-0.05, 0) is 43.2 Å². The standard InChI is InChI=1S/C20H22N2O3S2/c1-2-14-26-19-11-4-3-10-18(19)21-20(23)16-8-7-9-17(15-16)27(24,25)22-12-5-6-13-22/h2-4,7-11,15H,1,5-6,12-14H2,(H,21,23). The van der Waals surface area contributed by atoms with Gasteiger partial charge in [0.05, 0.1) is 10.6 Å². The van der Waals surface area contributed by atoms with Crippen molar-refractivity contribution in [3.8, 4) is 0 Å². The number of sulfonamides is 1. The zero-order valence-corrected chi connectivity index (χ0v) is 16.6. The number of nitrogens with zero attached hydrogens (tertiary/aromatic N) is 1. The van der Waals surface area contributed by atoms with Crippen LogP contribution >= 0.6 is 11.8 Å². The highest BCUT2D eigenvalue weighted by atomic mass is 32.2. The minimum absolute atomic E-state index is 0.159. The van der Waals surface area contributed by atoms with Crippen LogP contribution in [0.4, 0.5) is 5.69 Å². The lowest BCUT2D eigenvalue weighted by Crippen LogP contribution is -2.28. The summed E-state index contributed by atoms with van der Waals surface area (Å²) in [6, 6.07) is 13.7. The summed E-state index contributed by atoms with van der Waals surface area (Å²) in [5, 5.41) is 2.88. The molecule has 0 radical (unpaired) electrons. The number of thioether (sulfide) groups is 1. The van der Waals surface area contributed by atoms with E-state index in [0.717, 1.165) is 23.5 Å². The fourth-order valence-electron chi connectivity index (χ4n) is 2.91. The van der Waals surface area contributed by atoms with Crippen molar-refractivity contribution >= 4 is 33.4 Å². The predicted octanol–water partition coefficient (Wildman–Crippen LogP) is 4.00. The topological polar surface area (TPSA) is 66.5 Å². The zero-order chi connectivity index (χ0) is 19.3. The Kier molecular flexibility index (Phi) is 6.36. The third-order valence-electron chi connectivity index (χ3n) is 4.29. The number of hydrogen-bond donors (Lipinski definition) is 1. The maximum Gasteiger partial charge on any atom is 0.255 e. The maximum atomic E-state index is 12.7. The van der Waals surface area contributed by atoms with E-state index in [9.17, 15) is 13.2 Å². The van der Waals surface area contributed by atoms with Crippen molar-refractivity contribution in [1.29, 1.82) is 0 Å². The van der Waals surface area contributed by atoms with Crippen LogP contribution in [0.2, 0.25) is 0 Å². The van der Waals surface area contributed by atoms with Gasteiger partial charge in [-0.15, -0.1) is 18.3 Å². The van der Waals surface area contributed by atoms with Gasteiger partial charge in [0.15, 0.2) is 0 Å². The second-order valence-corrected chi connectivity index (χ2v) is 9.19. The molecule has 5 nitrogen and oxygen atoms in total. The van der Waals surface area contributed by atoms with Crippen molar-refractivity contribution in [2.75, 3.05) is 24.2 Å². The van der Waals surface area contributed by atoms with E-state index < -0.39 is 10.0 Å². The summed E-state index contributed by atoms with van der Waals surface area (Å²) in [5.41, 5.74) is 1.01. The van der Waals surface area contributed by atoms with Gasteiger partial charge in [-0.3, -0.25) is 4.79 Å². The Bertz CT molecular complexity index is 936. The molecule has 0 aliphatic carbocycles. The van der Waals surface area contributed by atoms with Crippen molar-refractivity contribution in [3.05, 3.63) is 66.7 Å². The van der Waals surface area contributed by atoms with Gasteiger partial charge in [-0.25, -0.2) is 8.42 Å². The molecule has 1 amide bonds. The molecule has 0 atom stereocenters. The van der Waals surface area contributed by atoms with Gasteiger partial charge in [0.1, 0.15) is 0 Å². The van der Waals surface area contributed by atoms with Crippen LogP contribution in [-0.4, -0.2) is 37.5 Å². The highest BCUT2D eigenvalue weighted by Crippen LogP contribution is 2.28. The molecule has 2 aromatic rings. The molecule has 0 unspecified atom stereocenters. The first kappa shape index (κ1) is 19.7. The van der Waals surface area contributed by atoms with Crippen LogP contribution in [0.5, 0.6) is 0 Å². The number of rotatable bonds is 7. The third kappa shape index (κ3) is 4.61. The molecule has 0 spiro atoms. The molecule has 1 heterocycles. The maximum absolute atomic E-state index is 12.7. The second-order valence-electron chi connectivity index (χ2n) is 6.19. The molecule has 1 saturated heterocycles. The van der Waals surface area contributed by atoms with Crippen molar-refractivity contribution < 1.29 is 13.2 Å². The number of anilines is 1. The largest absolute Gasteiger partial charge is 0.321 e. The summed E-state index contributed by atoms with van der Waals surface area (Å²) in [6.07, 6.45) is 3.55. The molecule has 1 aliphatic rings. The Hall–Kier alpha value is -2.09. The molecule has 0 aromatic heterocycles. The van der Waals surface area contributed by atoms with Gasteiger partial charge in [-0.1, -0.05) is 24.3 Å². The van der Waals surface area contributed by atoms with Gasteiger partial charge < -0.3 is 5.32 Å².